The van der Waals surface area contributed by atoms with Gasteiger partial charge < -0.3 is 15.2 Å². The largest absolute Gasteiger partial charge is 0.369 e. The summed E-state index contributed by atoms with van der Waals surface area (Å²) < 4.78 is 0. The van der Waals surface area contributed by atoms with Crippen LogP contribution in [0.4, 0.5) is 5.69 Å². The summed E-state index contributed by atoms with van der Waals surface area (Å²) in [5.74, 6) is 1.65. The van der Waals surface area contributed by atoms with E-state index in [0.717, 1.165) is 22.9 Å². The van der Waals surface area contributed by atoms with E-state index >= 15 is 0 Å². The molecule has 2 aliphatic heterocycles. The van der Waals surface area contributed by atoms with Crippen LogP contribution in [-0.2, 0) is 0 Å². The minimum Gasteiger partial charge on any atom is -0.369 e. The van der Waals surface area contributed by atoms with Crippen molar-refractivity contribution in [3.05, 3.63) is 24.5 Å². The number of nitrogens with zero attached hydrogens (tertiary/aromatic N) is 2. The fourth-order valence-electron chi connectivity index (χ4n) is 3.26. The van der Waals surface area contributed by atoms with Gasteiger partial charge in [0.05, 0.1) is 17.5 Å². The number of benzene rings is 1. The minimum atomic E-state index is 0.823. The second-order valence-electron chi connectivity index (χ2n) is 5.16. The first-order valence-corrected chi connectivity index (χ1v) is 6.29. The van der Waals surface area contributed by atoms with E-state index in [1.54, 1.807) is 6.33 Å². The van der Waals surface area contributed by atoms with E-state index in [-0.39, 0.29) is 0 Å². The van der Waals surface area contributed by atoms with Gasteiger partial charge in [0.1, 0.15) is 5.52 Å². The highest BCUT2D eigenvalue weighted by atomic mass is 15.2. The van der Waals surface area contributed by atoms with E-state index in [1.807, 2.05) is 0 Å². The molecule has 0 radical (unpaired) electrons. The van der Waals surface area contributed by atoms with Crippen LogP contribution in [-0.4, -0.2) is 36.1 Å². The fourth-order valence-corrected chi connectivity index (χ4v) is 3.26. The number of nitrogens with one attached hydrogen (secondary N) is 2. The normalized spacial score (nSPS) is 27.9. The van der Waals surface area contributed by atoms with Crippen molar-refractivity contribution in [1.82, 2.24) is 15.3 Å². The molecule has 88 valence electrons. The highest BCUT2D eigenvalue weighted by molar-refractivity contribution is 5.88. The summed E-state index contributed by atoms with van der Waals surface area (Å²) in [5.41, 5.74) is 3.54. The second kappa shape index (κ2) is 3.47. The molecule has 2 N–H and O–H groups in total. The number of H-pyrrole nitrogens is 1. The van der Waals surface area contributed by atoms with E-state index in [1.165, 1.54) is 31.9 Å². The van der Waals surface area contributed by atoms with Crippen LogP contribution >= 0.6 is 0 Å². The molecule has 0 amide bonds. The van der Waals surface area contributed by atoms with Crippen molar-refractivity contribution < 1.29 is 0 Å². The van der Waals surface area contributed by atoms with Crippen LogP contribution in [0.25, 0.3) is 11.0 Å². The average molecular weight is 228 g/mol. The molecule has 0 aliphatic carbocycles. The molecule has 4 heteroatoms. The number of aromatic amines is 1. The Morgan fingerprint density at radius 2 is 2.00 bits per heavy atom. The van der Waals surface area contributed by atoms with Gasteiger partial charge in [0.15, 0.2) is 0 Å². The van der Waals surface area contributed by atoms with Gasteiger partial charge in [-0.1, -0.05) is 6.07 Å². The fraction of sp³-hybridized carbons (Fsp3) is 0.462. The molecule has 2 saturated heterocycles. The van der Waals surface area contributed by atoms with Gasteiger partial charge in [0, 0.05) is 26.2 Å². The SMILES string of the molecule is c1cc(N2CC3CNCC3C2)c2nc[nH]c2c1. The quantitative estimate of drug-likeness (QED) is 0.771. The molecular weight excluding hydrogens is 212 g/mol. The van der Waals surface area contributed by atoms with Gasteiger partial charge in [-0.25, -0.2) is 4.98 Å². The van der Waals surface area contributed by atoms with Crippen molar-refractivity contribution in [3.8, 4) is 0 Å². The van der Waals surface area contributed by atoms with E-state index in [9.17, 15) is 0 Å². The van der Waals surface area contributed by atoms with Crippen molar-refractivity contribution in [2.24, 2.45) is 11.8 Å². The molecular formula is C13H16N4. The van der Waals surface area contributed by atoms with Crippen LogP contribution in [0.5, 0.6) is 0 Å². The van der Waals surface area contributed by atoms with Gasteiger partial charge in [-0.2, -0.15) is 0 Å². The summed E-state index contributed by atoms with van der Waals surface area (Å²) in [6.07, 6.45) is 1.78. The Balaban J connectivity index is 1.73. The summed E-state index contributed by atoms with van der Waals surface area (Å²) in [6, 6.07) is 6.39. The first-order valence-electron chi connectivity index (χ1n) is 6.29. The monoisotopic (exact) mass is 228 g/mol. The zero-order valence-electron chi connectivity index (χ0n) is 9.69. The smallest absolute Gasteiger partial charge is 0.112 e. The zero-order chi connectivity index (χ0) is 11.2. The Morgan fingerprint density at radius 1 is 1.18 bits per heavy atom. The Labute approximate surface area is 100 Å². The molecule has 4 nitrogen and oxygen atoms in total. The molecule has 1 aromatic carbocycles. The molecule has 3 heterocycles. The van der Waals surface area contributed by atoms with Crippen molar-refractivity contribution >= 4 is 16.7 Å². The van der Waals surface area contributed by atoms with Gasteiger partial charge in [-0.3, -0.25) is 0 Å². The lowest BCUT2D eigenvalue weighted by atomic mass is 10.0. The number of hydrogen-bond donors (Lipinski definition) is 2. The molecule has 2 fully saturated rings. The van der Waals surface area contributed by atoms with Gasteiger partial charge in [0.25, 0.3) is 0 Å². The number of anilines is 1. The van der Waals surface area contributed by atoms with Crippen LogP contribution in [0.15, 0.2) is 24.5 Å². The summed E-state index contributed by atoms with van der Waals surface area (Å²) in [6.45, 7) is 4.70. The number of rotatable bonds is 1. The van der Waals surface area contributed by atoms with Gasteiger partial charge in [-0.15, -0.1) is 0 Å². The van der Waals surface area contributed by atoms with E-state index < -0.39 is 0 Å². The summed E-state index contributed by atoms with van der Waals surface area (Å²) in [5, 5.41) is 3.48. The Bertz CT molecular complexity index is 535. The van der Waals surface area contributed by atoms with Crippen molar-refractivity contribution in [3.63, 3.8) is 0 Å². The summed E-state index contributed by atoms with van der Waals surface area (Å²) in [4.78, 5) is 10.1. The molecule has 4 rings (SSSR count). The van der Waals surface area contributed by atoms with Gasteiger partial charge in [0.2, 0.25) is 0 Å². The lowest BCUT2D eigenvalue weighted by Crippen LogP contribution is -2.25. The van der Waals surface area contributed by atoms with Gasteiger partial charge >= 0.3 is 0 Å². The molecule has 0 spiro atoms. The Morgan fingerprint density at radius 3 is 2.82 bits per heavy atom. The third-order valence-corrected chi connectivity index (χ3v) is 4.16. The lowest BCUT2D eigenvalue weighted by molar-refractivity contribution is 0.533. The van der Waals surface area contributed by atoms with Gasteiger partial charge in [-0.05, 0) is 24.0 Å². The molecule has 2 unspecified atom stereocenters. The zero-order valence-corrected chi connectivity index (χ0v) is 9.69. The highest BCUT2D eigenvalue weighted by Gasteiger charge is 2.36. The highest BCUT2D eigenvalue weighted by Crippen LogP contribution is 2.33. The Hall–Kier alpha value is -1.55. The molecule has 2 aliphatic rings. The van der Waals surface area contributed by atoms with Crippen LogP contribution in [0, 0.1) is 11.8 Å². The maximum Gasteiger partial charge on any atom is 0.112 e. The number of hydrogen-bond acceptors (Lipinski definition) is 3. The number of imidazole rings is 1. The predicted octanol–water partition coefficient (Wildman–Crippen LogP) is 1.22. The first kappa shape index (κ1) is 9.48. The molecule has 17 heavy (non-hydrogen) atoms. The number of para-hydroxylation sites is 1. The maximum absolute atomic E-state index is 4.44. The van der Waals surface area contributed by atoms with Crippen LogP contribution in [0.3, 0.4) is 0 Å². The first-order chi connectivity index (χ1) is 8.42. The van der Waals surface area contributed by atoms with Crippen molar-refractivity contribution in [2.75, 3.05) is 31.1 Å². The van der Waals surface area contributed by atoms with Crippen molar-refractivity contribution in [1.29, 1.82) is 0 Å². The lowest BCUT2D eigenvalue weighted by Gasteiger charge is -2.20. The number of fused-ring (bicyclic) bond motifs is 2. The summed E-state index contributed by atoms with van der Waals surface area (Å²) in [7, 11) is 0. The third-order valence-electron chi connectivity index (χ3n) is 4.16. The predicted molar refractivity (Wildman–Crippen MR) is 68.2 cm³/mol. The second-order valence-corrected chi connectivity index (χ2v) is 5.16. The van der Waals surface area contributed by atoms with E-state index in [2.05, 4.69) is 38.4 Å². The Kier molecular flexibility index (Phi) is 1.93. The van der Waals surface area contributed by atoms with Crippen molar-refractivity contribution in [2.45, 2.75) is 0 Å². The third kappa shape index (κ3) is 1.37. The van der Waals surface area contributed by atoms with Crippen LogP contribution in [0.2, 0.25) is 0 Å². The maximum atomic E-state index is 4.44. The average Bonchev–Trinajstić information content (AvgIpc) is 3.02. The molecule has 2 atom stereocenters. The molecule has 0 bridgehead atoms. The summed E-state index contributed by atoms with van der Waals surface area (Å²) >= 11 is 0. The molecule has 0 saturated carbocycles. The van der Waals surface area contributed by atoms with Crippen LogP contribution in [0.1, 0.15) is 0 Å². The number of aromatic nitrogens is 2. The van der Waals surface area contributed by atoms with E-state index in [0.29, 0.717) is 0 Å². The molecule has 1 aromatic heterocycles. The molecule has 2 aromatic rings. The van der Waals surface area contributed by atoms with E-state index in [4.69, 9.17) is 0 Å². The topological polar surface area (TPSA) is 44.0 Å². The minimum absolute atomic E-state index is 0.823. The van der Waals surface area contributed by atoms with Crippen LogP contribution < -0.4 is 10.2 Å². The standard InChI is InChI=1S/C13H16N4/c1-2-11-13(16-8-15-11)12(3-1)17-6-9-4-14-5-10(9)7-17/h1-3,8-10,14H,4-7H2,(H,15,16).